The molecule has 2 N–H and O–H groups in total. The molecule has 4 rings (SSSR count). The van der Waals surface area contributed by atoms with Gasteiger partial charge in [-0.15, -0.1) is 0 Å². The summed E-state index contributed by atoms with van der Waals surface area (Å²) in [5.41, 5.74) is 1.12. The average molecular weight is 470 g/mol. The summed E-state index contributed by atoms with van der Waals surface area (Å²) in [6.45, 7) is 0. The number of ether oxygens (including phenoxy) is 1. The number of rotatable bonds is 4. The Morgan fingerprint density at radius 1 is 0.969 bits per heavy atom. The molecule has 1 fully saturated rings. The third-order valence-corrected chi connectivity index (χ3v) is 5.73. The van der Waals surface area contributed by atoms with Gasteiger partial charge in [0.05, 0.1) is 23.7 Å². The summed E-state index contributed by atoms with van der Waals surface area (Å²) in [4.78, 5) is 27.5. The zero-order valence-corrected chi connectivity index (χ0v) is 18.3. The van der Waals surface area contributed by atoms with Gasteiger partial charge in [-0.05, 0) is 60.2 Å². The molecule has 1 amide bonds. The maximum absolute atomic E-state index is 13.1. The molecule has 8 heteroatoms. The fraction of sp³-hybridized carbons (Fsp3) is 0.0833. The van der Waals surface area contributed by atoms with Crippen LogP contribution in [-0.2, 0) is 9.59 Å². The lowest BCUT2D eigenvalue weighted by Gasteiger charge is -2.26. The molecular formula is C24H17Cl2NO5. The van der Waals surface area contributed by atoms with Crippen LogP contribution in [0.15, 0.2) is 72.3 Å². The number of benzene rings is 3. The highest BCUT2D eigenvalue weighted by atomic mass is 35.5. The molecule has 1 unspecified atom stereocenters. The second kappa shape index (κ2) is 8.57. The second-order valence-electron chi connectivity index (χ2n) is 7.09. The minimum absolute atomic E-state index is 0.0240. The first-order valence-electron chi connectivity index (χ1n) is 9.51. The maximum Gasteiger partial charge on any atom is 0.300 e. The number of halogens is 2. The zero-order valence-electron chi connectivity index (χ0n) is 16.8. The highest BCUT2D eigenvalue weighted by Crippen LogP contribution is 2.43. The molecule has 3 aromatic rings. The number of aromatic hydroxyl groups is 1. The summed E-state index contributed by atoms with van der Waals surface area (Å²) < 4.78 is 5.17. The predicted octanol–water partition coefficient (Wildman–Crippen LogP) is 5.33. The second-order valence-corrected chi connectivity index (χ2v) is 7.93. The number of aliphatic hydroxyl groups is 1. The van der Waals surface area contributed by atoms with E-state index in [0.29, 0.717) is 27.6 Å². The van der Waals surface area contributed by atoms with Crippen LogP contribution in [0.25, 0.3) is 5.76 Å². The Morgan fingerprint density at radius 3 is 2.22 bits per heavy atom. The van der Waals surface area contributed by atoms with Crippen molar-refractivity contribution in [2.75, 3.05) is 12.0 Å². The summed E-state index contributed by atoms with van der Waals surface area (Å²) in [6, 6.07) is 16.1. The Bertz CT molecular complexity index is 1240. The van der Waals surface area contributed by atoms with E-state index in [4.69, 9.17) is 27.9 Å². The minimum atomic E-state index is -0.948. The Labute approximate surface area is 193 Å². The van der Waals surface area contributed by atoms with Crippen molar-refractivity contribution in [1.29, 1.82) is 0 Å². The van der Waals surface area contributed by atoms with Crippen LogP contribution in [0.2, 0.25) is 10.0 Å². The molecule has 0 saturated carbocycles. The molecule has 0 spiro atoms. The van der Waals surface area contributed by atoms with Crippen molar-refractivity contribution in [3.05, 3.63) is 93.5 Å². The summed E-state index contributed by atoms with van der Waals surface area (Å²) in [6.07, 6.45) is 0. The van der Waals surface area contributed by atoms with Crippen LogP contribution in [0.3, 0.4) is 0 Å². The monoisotopic (exact) mass is 469 g/mol. The number of methoxy groups -OCH3 is 1. The van der Waals surface area contributed by atoms with E-state index in [1.807, 2.05) is 0 Å². The third kappa shape index (κ3) is 3.79. The van der Waals surface area contributed by atoms with Crippen molar-refractivity contribution in [2.24, 2.45) is 0 Å². The van der Waals surface area contributed by atoms with Gasteiger partial charge >= 0.3 is 0 Å². The molecule has 1 atom stereocenters. The van der Waals surface area contributed by atoms with Crippen LogP contribution in [0.4, 0.5) is 5.69 Å². The largest absolute Gasteiger partial charge is 0.508 e. The molecule has 0 aliphatic carbocycles. The van der Waals surface area contributed by atoms with Crippen LogP contribution >= 0.6 is 23.2 Å². The number of carbonyl (C=O) groups is 2. The van der Waals surface area contributed by atoms with Crippen LogP contribution < -0.4 is 9.64 Å². The Hall–Kier alpha value is -3.48. The summed E-state index contributed by atoms with van der Waals surface area (Å²) in [5.74, 6) is -1.56. The number of phenols is 1. The number of anilines is 1. The van der Waals surface area contributed by atoms with Gasteiger partial charge in [0.1, 0.15) is 17.3 Å². The number of hydrogen-bond acceptors (Lipinski definition) is 5. The van der Waals surface area contributed by atoms with Crippen molar-refractivity contribution in [1.82, 2.24) is 0 Å². The lowest BCUT2D eigenvalue weighted by atomic mass is 9.95. The van der Waals surface area contributed by atoms with E-state index in [1.165, 1.54) is 30.2 Å². The van der Waals surface area contributed by atoms with Crippen LogP contribution in [0, 0.1) is 0 Å². The average Bonchev–Trinajstić information content (AvgIpc) is 3.05. The van der Waals surface area contributed by atoms with Gasteiger partial charge in [0.2, 0.25) is 0 Å². The van der Waals surface area contributed by atoms with E-state index >= 15 is 0 Å². The molecule has 32 heavy (non-hydrogen) atoms. The summed E-state index contributed by atoms with van der Waals surface area (Å²) >= 11 is 12.2. The number of phenolic OH excluding ortho intramolecular Hbond substituents is 1. The molecule has 3 aromatic carbocycles. The van der Waals surface area contributed by atoms with Gasteiger partial charge in [0.25, 0.3) is 11.7 Å². The molecule has 0 aromatic heterocycles. The van der Waals surface area contributed by atoms with Crippen LogP contribution in [-0.4, -0.2) is 29.0 Å². The molecule has 1 aliphatic rings. The highest BCUT2D eigenvalue weighted by molar-refractivity contribution is 6.52. The first-order valence-corrected chi connectivity index (χ1v) is 10.3. The summed E-state index contributed by atoms with van der Waals surface area (Å²) in [7, 11) is 1.47. The van der Waals surface area contributed by atoms with E-state index in [2.05, 4.69) is 0 Å². The normalized spacial score (nSPS) is 17.6. The molecule has 1 aliphatic heterocycles. The minimum Gasteiger partial charge on any atom is -0.508 e. The van der Waals surface area contributed by atoms with Gasteiger partial charge < -0.3 is 14.9 Å². The fourth-order valence-electron chi connectivity index (χ4n) is 3.64. The summed E-state index contributed by atoms with van der Waals surface area (Å²) in [5, 5.41) is 21.5. The van der Waals surface area contributed by atoms with E-state index in [0.717, 1.165) is 0 Å². The Morgan fingerprint density at radius 2 is 1.62 bits per heavy atom. The third-order valence-electron chi connectivity index (χ3n) is 5.18. The molecule has 162 valence electrons. The van der Waals surface area contributed by atoms with Crippen molar-refractivity contribution >= 4 is 46.3 Å². The smallest absolute Gasteiger partial charge is 0.300 e. The first-order chi connectivity index (χ1) is 15.3. The van der Waals surface area contributed by atoms with Gasteiger partial charge in [0.15, 0.2) is 0 Å². The van der Waals surface area contributed by atoms with Gasteiger partial charge in [-0.2, -0.15) is 0 Å². The van der Waals surface area contributed by atoms with Crippen molar-refractivity contribution in [2.45, 2.75) is 6.04 Å². The molecule has 0 bridgehead atoms. The zero-order chi connectivity index (χ0) is 23.0. The van der Waals surface area contributed by atoms with Crippen molar-refractivity contribution in [3.63, 3.8) is 0 Å². The molecule has 0 radical (unpaired) electrons. The van der Waals surface area contributed by atoms with E-state index in [9.17, 15) is 19.8 Å². The van der Waals surface area contributed by atoms with Crippen molar-refractivity contribution in [3.8, 4) is 11.5 Å². The highest BCUT2D eigenvalue weighted by Gasteiger charge is 2.47. The standard InChI is InChI=1S/C24H17Cl2NO5/c1-32-19-11-8-16(12-18(19)26)27-21(13-4-9-17(28)10-5-13)20(23(30)24(27)31)22(29)14-2-6-15(25)7-3-14/h2-12,21,28-29H,1H3/b22-20+. The SMILES string of the molecule is COc1ccc(N2C(=O)C(=O)/C(=C(/O)c3ccc(Cl)cc3)C2c2ccc(O)cc2)cc1Cl. The number of amides is 1. The number of Topliss-reactive ketones (excluding diaryl/α,β-unsaturated/α-hetero) is 1. The Kier molecular flexibility index (Phi) is 5.82. The van der Waals surface area contributed by atoms with Crippen LogP contribution in [0.1, 0.15) is 17.2 Å². The van der Waals surface area contributed by atoms with Gasteiger partial charge in [-0.3, -0.25) is 14.5 Å². The lowest BCUT2D eigenvalue weighted by Crippen LogP contribution is -2.29. The number of aliphatic hydroxyl groups excluding tert-OH is 1. The maximum atomic E-state index is 13.1. The lowest BCUT2D eigenvalue weighted by molar-refractivity contribution is -0.132. The molecule has 6 nitrogen and oxygen atoms in total. The quantitative estimate of drug-likeness (QED) is 0.306. The Balaban J connectivity index is 1.93. The fourth-order valence-corrected chi connectivity index (χ4v) is 4.02. The molecule has 1 heterocycles. The number of carbonyl (C=O) groups excluding carboxylic acids is 2. The van der Waals surface area contributed by atoms with E-state index in [-0.39, 0.29) is 22.1 Å². The topological polar surface area (TPSA) is 87.1 Å². The number of nitrogens with zero attached hydrogens (tertiary/aromatic N) is 1. The van der Waals surface area contributed by atoms with Gasteiger partial charge in [0, 0.05) is 16.3 Å². The predicted molar refractivity (Wildman–Crippen MR) is 122 cm³/mol. The number of ketones is 1. The van der Waals surface area contributed by atoms with E-state index in [1.54, 1.807) is 48.5 Å². The van der Waals surface area contributed by atoms with Crippen LogP contribution in [0.5, 0.6) is 11.5 Å². The van der Waals surface area contributed by atoms with Gasteiger partial charge in [-0.1, -0.05) is 35.3 Å². The number of hydrogen-bond donors (Lipinski definition) is 2. The molecule has 1 saturated heterocycles. The van der Waals surface area contributed by atoms with Crippen molar-refractivity contribution < 1.29 is 24.5 Å². The van der Waals surface area contributed by atoms with E-state index < -0.39 is 17.7 Å². The first kappa shape index (κ1) is 21.7. The molecular weight excluding hydrogens is 453 g/mol. The van der Waals surface area contributed by atoms with Gasteiger partial charge in [-0.25, -0.2) is 0 Å².